The molecule has 2 aromatic rings. The summed E-state index contributed by atoms with van der Waals surface area (Å²) in [6.07, 6.45) is 0.788. The molecule has 1 heterocycles. The van der Waals surface area contributed by atoms with Gasteiger partial charge in [-0.3, -0.25) is 10.1 Å². The van der Waals surface area contributed by atoms with Gasteiger partial charge in [0.05, 0.1) is 15.0 Å². The lowest BCUT2D eigenvalue weighted by Gasteiger charge is -2.15. The molecule has 0 saturated carbocycles. The average Bonchev–Trinajstić information content (AvgIpc) is 2.78. The Bertz CT molecular complexity index is 673. The van der Waals surface area contributed by atoms with Crippen LogP contribution in [0.1, 0.15) is 16.7 Å². The third kappa shape index (κ3) is 4.09. The van der Waals surface area contributed by atoms with Gasteiger partial charge < -0.3 is 5.32 Å². The molecule has 1 atom stereocenters. The molecule has 21 heavy (non-hydrogen) atoms. The Labute approximate surface area is 136 Å². The third-order valence-corrected chi connectivity index (χ3v) is 4.69. The van der Waals surface area contributed by atoms with E-state index in [1.807, 2.05) is 6.92 Å². The molecule has 0 amide bonds. The number of benzene rings is 1. The lowest BCUT2D eigenvalue weighted by atomic mass is 10.2. The second-order valence-corrected chi connectivity index (χ2v) is 6.99. The van der Waals surface area contributed by atoms with Gasteiger partial charge in [0.15, 0.2) is 0 Å². The zero-order chi connectivity index (χ0) is 15.6. The smallest absolute Gasteiger partial charge is 0.293 e. The number of nitro groups is 1. The van der Waals surface area contributed by atoms with Crippen LogP contribution in [0.5, 0.6) is 0 Å². The number of anilines is 1. The molecule has 2 rings (SSSR count). The lowest BCUT2D eigenvalue weighted by molar-refractivity contribution is -0.384. The third-order valence-electron chi connectivity index (χ3n) is 2.94. The number of nitrogens with one attached hydrogen (secondary N) is 1. The Morgan fingerprint density at radius 1 is 1.33 bits per heavy atom. The van der Waals surface area contributed by atoms with Gasteiger partial charge in [-0.1, -0.05) is 23.2 Å². The molecule has 1 unspecified atom stereocenters. The summed E-state index contributed by atoms with van der Waals surface area (Å²) >= 11 is 13.5. The summed E-state index contributed by atoms with van der Waals surface area (Å²) in [5, 5.41) is 14.7. The molecule has 0 spiro atoms. The van der Waals surface area contributed by atoms with Gasteiger partial charge >= 0.3 is 0 Å². The van der Waals surface area contributed by atoms with Crippen LogP contribution in [0.4, 0.5) is 11.4 Å². The van der Waals surface area contributed by atoms with Crippen molar-refractivity contribution in [1.29, 1.82) is 0 Å². The van der Waals surface area contributed by atoms with E-state index in [9.17, 15) is 10.1 Å². The fourth-order valence-corrected chi connectivity index (χ4v) is 3.36. The molecular weight excluding hydrogens is 331 g/mol. The summed E-state index contributed by atoms with van der Waals surface area (Å²) in [6, 6.07) is 6.95. The Balaban J connectivity index is 2.18. The molecule has 0 saturated heterocycles. The van der Waals surface area contributed by atoms with Crippen molar-refractivity contribution in [2.45, 2.75) is 26.3 Å². The van der Waals surface area contributed by atoms with Crippen molar-refractivity contribution >= 4 is 45.9 Å². The quantitative estimate of drug-likeness (QED) is 0.590. The van der Waals surface area contributed by atoms with Gasteiger partial charge in [-0.25, -0.2) is 0 Å². The van der Waals surface area contributed by atoms with Crippen molar-refractivity contribution in [1.82, 2.24) is 0 Å². The zero-order valence-corrected chi connectivity index (χ0v) is 13.9. The van der Waals surface area contributed by atoms with Crippen molar-refractivity contribution in [3.63, 3.8) is 0 Å². The molecule has 0 radical (unpaired) electrons. The number of nitrogens with zero attached hydrogens (tertiary/aromatic N) is 1. The number of thiophene rings is 1. The first-order valence-corrected chi connectivity index (χ1v) is 7.89. The summed E-state index contributed by atoms with van der Waals surface area (Å²) in [7, 11) is 0. The van der Waals surface area contributed by atoms with Gasteiger partial charge in [-0.2, -0.15) is 0 Å². The number of aryl methyl sites for hydroxylation is 1. The van der Waals surface area contributed by atoms with E-state index in [1.54, 1.807) is 11.3 Å². The highest BCUT2D eigenvalue weighted by atomic mass is 35.5. The van der Waals surface area contributed by atoms with E-state index in [1.165, 1.54) is 21.9 Å². The molecule has 0 aliphatic heterocycles. The van der Waals surface area contributed by atoms with Crippen molar-refractivity contribution < 1.29 is 4.92 Å². The van der Waals surface area contributed by atoms with Crippen LogP contribution in [-0.4, -0.2) is 11.0 Å². The van der Waals surface area contributed by atoms with Crippen molar-refractivity contribution in [2.75, 3.05) is 5.32 Å². The minimum Gasteiger partial charge on any atom is -0.377 e. The number of rotatable bonds is 5. The molecule has 1 aromatic carbocycles. The molecule has 0 aliphatic rings. The Morgan fingerprint density at radius 2 is 2.00 bits per heavy atom. The van der Waals surface area contributed by atoms with Crippen LogP contribution in [0.25, 0.3) is 0 Å². The van der Waals surface area contributed by atoms with E-state index in [0.29, 0.717) is 10.7 Å². The largest absolute Gasteiger partial charge is 0.377 e. The number of hydrogen-bond acceptors (Lipinski definition) is 4. The van der Waals surface area contributed by atoms with Gasteiger partial charge in [0.25, 0.3) is 5.69 Å². The second kappa shape index (κ2) is 6.64. The van der Waals surface area contributed by atoms with E-state index >= 15 is 0 Å². The summed E-state index contributed by atoms with van der Waals surface area (Å²) in [5.74, 6) is 0. The highest BCUT2D eigenvalue weighted by Gasteiger charge is 2.18. The number of nitro benzene ring substituents is 1. The van der Waals surface area contributed by atoms with Crippen LogP contribution in [0.15, 0.2) is 24.3 Å². The molecule has 7 heteroatoms. The maximum absolute atomic E-state index is 11.1. The lowest BCUT2D eigenvalue weighted by Crippen LogP contribution is -2.18. The molecular formula is C14H14Cl2N2O2S. The standard InChI is InChI=1S/C14H14Cl2N2O2S/c1-8(5-10-4-3-9(2)21-10)17-13-6-11(15)12(16)7-14(13)18(19)20/h3-4,6-8,17H,5H2,1-2H3. The molecule has 0 fully saturated rings. The second-order valence-electron chi connectivity index (χ2n) is 4.80. The Hall–Kier alpha value is -1.30. The summed E-state index contributed by atoms with van der Waals surface area (Å²) in [5.41, 5.74) is 0.314. The van der Waals surface area contributed by atoms with Crippen LogP contribution < -0.4 is 5.32 Å². The van der Waals surface area contributed by atoms with E-state index in [0.717, 1.165) is 6.42 Å². The average molecular weight is 345 g/mol. The van der Waals surface area contributed by atoms with Crippen LogP contribution in [0, 0.1) is 17.0 Å². The first-order valence-electron chi connectivity index (χ1n) is 6.32. The normalized spacial score (nSPS) is 12.2. The van der Waals surface area contributed by atoms with Crippen LogP contribution in [-0.2, 0) is 6.42 Å². The molecule has 112 valence electrons. The minimum absolute atomic E-state index is 0.0407. The van der Waals surface area contributed by atoms with E-state index < -0.39 is 4.92 Å². The number of hydrogen-bond donors (Lipinski definition) is 1. The highest BCUT2D eigenvalue weighted by molar-refractivity contribution is 7.11. The molecule has 0 aliphatic carbocycles. The first kappa shape index (κ1) is 16.1. The maximum atomic E-state index is 11.1. The van der Waals surface area contributed by atoms with Gasteiger partial charge in [0.2, 0.25) is 0 Å². The SMILES string of the molecule is Cc1ccc(CC(C)Nc2cc(Cl)c(Cl)cc2[N+](=O)[O-])s1. The Morgan fingerprint density at radius 3 is 2.57 bits per heavy atom. The van der Waals surface area contributed by atoms with Gasteiger partial charge in [-0.05, 0) is 32.0 Å². The van der Waals surface area contributed by atoms with Crippen LogP contribution >= 0.6 is 34.5 Å². The molecule has 1 N–H and O–H groups in total. The van der Waals surface area contributed by atoms with Crippen LogP contribution in [0.3, 0.4) is 0 Å². The topological polar surface area (TPSA) is 55.2 Å². The highest BCUT2D eigenvalue weighted by Crippen LogP contribution is 2.34. The molecule has 1 aromatic heterocycles. The maximum Gasteiger partial charge on any atom is 0.293 e. The first-order chi connectivity index (χ1) is 9.86. The molecule has 4 nitrogen and oxygen atoms in total. The number of halogens is 2. The van der Waals surface area contributed by atoms with E-state index in [4.69, 9.17) is 23.2 Å². The van der Waals surface area contributed by atoms with Crippen molar-refractivity contribution in [3.8, 4) is 0 Å². The fourth-order valence-electron chi connectivity index (χ4n) is 2.02. The fraction of sp³-hybridized carbons (Fsp3) is 0.286. The van der Waals surface area contributed by atoms with Gasteiger partial charge in [-0.15, -0.1) is 11.3 Å². The van der Waals surface area contributed by atoms with Gasteiger partial charge in [0, 0.05) is 28.3 Å². The van der Waals surface area contributed by atoms with Crippen molar-refractivity contribution in [3.05, 3.63) is 54.2 Å². The van der Waals surface area contributed by atoms with Crippen molar-refractivity contribution in [2.24, 2.45) is 0 Å². The molecule has 0 bridgehead atoms. The Kier molecular flexibility index (Phi) is 5.08. The monoisotopic (exact) mass is 344 g/mol. The van der Waals surface area contributed by atoms with E-state index in [-0.39, 0.29) is 16.8 Å². The van der Waals surface area contributed by atoms with E-state index in [2.05, 4.69) is 24.4 Å². The predicted octanol–water partition coefficient (Wildman–Crippen LogP) is 5.31. The summed E-state index contributed by atoms with van der Waals surface area (Å²) in [6.45, 7) is 4.03. The summed E-state index contributed by atoms with van der Waals surface area (Å²) < 4.78 is 0. The zero-order valence-electron chi connectivity index (χ0n) is 11.5. The predicted molar refractivity (Wildman–Crippen MR) is 89.0 cm³/mol. The minimum atomic E-state index is -0.466. The van der Waals surface area contributed by atoms with Gasteiger partial charge in [0.1, 0.15) is 5.69 Å². The summed E-state index contributed by atoms with van der Waals surface area (Å²) in [4.78, 5) is 13.1. The van der Waals surface area contributed by atoms with Crippen LogP contribution in [0.2, 0.25) is 10.0 Å².